The molecule has 1 aromatic carbocycles. The Morgan fingerprint density at radius 1 is 1.07 bits per heavy atom. The molecule has 1 N–H and O–H groups in total. The monoisotopic (exact) mass is 444 g/mol. The van der Waals surface area contributed by atoms with Gasteiger partial charge in [0.25, 0.3) is 0 Å². The molecule has 2 aromatic heterocycles. The van der Waals surface area contributed by atoms with Gasteiger partial charge in [-0.15, -0.1) is 0 Å². The highest BCUT2D eigenvalue weighted by Gasteiger charge is 2.18. The summed E-state index contributed by atoms with van der Waals surface area (Å²) in [6.45, 7) is 1.42. The predicted molar refractivity (Wildman–Crippen MR) is 117 cm³/mol. The number of hydrogen-bond acceptors (Lipinski definition) is 5. The molecule has 154 valence electrons. The largest absolute Gasteiger partial charge is 0.481 e. The van der Waals surface area contributed by atoms with E-state index in [0.717, 1.165) is 0 Å². The molecule has 3 rings (SSSR count). The fourth-order valence-corrected chi connectivity index (χ4v) is 3.34. The molecule has 2 heterocycles. The highest BCUT2D eigenvalue weighted by atomic mass is 35.5. The van der Waals surface area contributed by atoms with Crippen molar-refractivity contribution >= 4 is 52.2 Å². The first-order valence-electron chi connectivity index (χ1n) is 8.88. The number of amides is 2. The van der Waals surface area contributed by atoms with Crippen molar-refractivity contribution in [1.82, 2.24) is 9.97 Å². The number of pyridine rings is 2. The lowest BCUT2D eigenvalue weighted by Gasteiger charge is -2.21. The van der Waals surface area contributed by atoms with Crippen LogP contribution >= 0.6 is 23.2 Å². The van der Waals surface area contributed by atoms with Gasteiger partial charge in [-0.3, -0.25) is 14.5 Å². The molecule has 7 nitrogen and oxygen atoms in total. The summed E-state index contributed by atoms with van der Waals surface area (Å²) in [5.74, 6) is 0.133. The van der Waals surface area contributed by atoms with E-state index in [0.29, 0.717) is 38.7 Å². The number of nitrogens with one attached hydrogen (secondary N) is 1. The molecule has 0 atom stereocenters. The maximum atomic E-state index is 12.5. The van der Waals surface area contributed by atoms with Crippen molar-refractivity contribution in [1.29, 1.82) is 0 Å². The summed E-state index contributed by atoms with van der Waals surface area (Å²) < 4.78 is 5.12. The Kier molecular flexibility index (Phi) is 6.87. The van der Waals surface area contributed by atoms with Crippen molar-refractivity contribution in [2.24, 2.45) is 0 Å². The van der Waals surface area contributed by atoms with Crippen molar-refractivity contribution in [3.8, 4) is 5.88 Å². The van der Waals surface area contributed by atoms with Gasteiger partial charge in [0.2, 0.25) is 17.7 Å². The first-order chi connectivity index (χ1) is 14.4. The van der Waals surface area contributed by atoms with Crippen LogP contribution in [-0.4, -0.2) is 28.9 Å². The molecule has 0 saturated heterocycles. The quantitative estimate of drug-likeness (QED) is 0.597. The van der Waals surface area contributed by atoms with E-state index in [1.54, 1.807) is 42.5 Å². The molecule has 3 aromatic rings. The normalized spacial score (nSPS) is 10.4. The third kappa shape index (κ3) is 5.06. The van der Waals surface area contributed by atoms with E-state index in [1.807, 2.05) is 0 Å². The molecule has 0 aliphatic carbocycles. The second kappa shape index (κ2) is 9.56. The fraction of sp³-hybridized carbons (Fsp3) is 0.143. The van der Waals surface area contributed by atoms with Crippen LogP contribution < -0.4 is 15.0 Å². The molecular weight excluding hydrogens is 427 g/mol. The highest BCUT2D eigenvalue weighted by molar-refractivity contribution is 6.36. The lowest BCUT2D eigenvalue weighted by atomic mass is 10.1. The Hall–Kier alpha value is -3.16. The van der Waals surface area contributed by atoms with E-state index in [9.17, 15) is 9.59 Å². The molecule has 0 spiro atoms. The number of halogens is 2. The summed E-state index contributed by atoms with van der Waals surface area (Å²) >= 11 is 12.3. The summed E-state index contributed by atoms with van der Waals surface area (Å²) in [7, 11) is 1.49. The number of hydrogen-bond donors (Lipinski definition) is 1. The molecule has 0 bridgehead atoms. The standard InChI is InChI=1S/C21H18Cl2N4O3/c1-13(28)27(15-7-9-25-21(11-15)30-2)19-10-14(6-8-24-19)26-20(29)12-16-17(22)4-3-5-18(16)23/h3-11H,12H2,1-2H3,(H,24,26,29). The Labute approximate surface area is 183 Å². The number of nitrogens with zero attached hydrogens (tertiary/aromatic N) is 3. The van der Waals surface area contributed by atoms with Gasteiger partial charge in [0.15, 0.2) is 0 Å². The summed E-state index contributed by atoms with van der Waals surface area (Å²) in [6.07, 6.45) is 3.04. The Morgan fingerprint density at radius 2 is 1.77 bits per heavy atom. The van der Waals surface area contributed by atoms with Crippen molar-refractivity contribution in [2.45, 2.75) is 13.3 Å². The van der Waals surface area contributed by atoms with Gasteiger partial charge in [-0.05, 0) is 29.8 Å². The average molecular weight is 445 g/mol. The molecule has 0 fully saturated rings. The number of carbonyl (C=O) groups is 2. The van der Waals surface area contributed by atoms with Crippen molar-refractivity contribution in [2.75, 3.05) is 17.3 Å². The van der Waals surface area contributed by atoms with Crippen molar-refractivity contribution in [3.63, 3.8) is 0 Å². The Bertz CT molecular complexity index is 1070. The second-order valence-corrected chi connectivity index (χ2v) is 7.05. The topological polar surface area (TPSA) is 84.4 Å². The van der Waals surface area contributed by atoms with Gasteiger partial charge < -0.3 is 10.1 Å². The summed E-state index contributed by atoms with van der Waals surface area (Å²) in [5.41, 5.74) is 1.55. The number of anilines is 3. The molecule has 0 unspecified atom stereocenters. The van der Waals surface area contributed by atoms with Gasteiger partial charge in [0.05, 0.1) is 19.2 Å². The van der Waals surface area contributed by atoms with Gasteiger partial charge in [-0.2, -0.15) is 0 Å². The zero-order valence-electron chi connectivity index (χ0n) is 16.2. The zero-order valence-corrected chi connectivity index (χ0v) is 17.7. The fourth-order valence-electron chi connectivity index (χ4n) is 2.81. The van der Waals surface area contributed by atoms with E-state index in [1.165, 1.54) is 31.3 Å². The number of rotatable bonds is 6. The smallest absolute Gasteiger partial charge is 0.229 e. The molecule has 0 radical (unpaired) electrons. The predicted octanol–water partition coefficient (Wildman–Crippen LogP) is 4.66. The minimum Gasteiger partial charge on any atom is -0.481 e. The van der Waals surface area contributed by atoms with E-state index >= 15 is 0 Å². The van der Waals surface area contributed by atoms with Crippen LogP contribution in [0, 0.1) is 0 Å². The molecule has 0 aliphatic heterocycles. The minimum absolute atomic E-state index is 0.00807. The Balaban J connectivity index is 1.83. The third-order valence-electron chi connectivity index (χ3n) is 4.16. The molecule has 30 heavy (non-hydrogen) atoms. The van der Waals surface area contributed by atoms with E-state index in [2.05, 4.69) is 15.3 Å². The van der Waals surface area contributed by atoms with Gasteiger partial charge in [0.1, 0.15) is 5.82 Å². The lowest BCUT2D eigenvalue weighted by molar-refractivity contribution is -0.116. The average Bonchev–Trinajstić information content (AvgIpc) is 2.71. The molecule has 0 aliphatic rings. The maximum absolute atomic E-state index is 12.5. The number of benzene rings is 1. The SMILES string of the molecule is COc1cc(N(C(C)=O)c2cc(NC(=O)Cc3c(Cl)cccc3Cl)ccn2)ccn1. The molecule has 9 heteroatoms. The van der Waals surface area contributed by atoms with Crippen LogP contribution in [0.4, 0.5) is 17.2 Å². The van der Waals surface area contributed by atoms with E-state index in [4.69, 9.17) is 27.9 Å². The highest BCUT2D eigenvalue weighted by Crippen LogP contribution is 2.28. The third-order valence-corrected chi connectivity index (χ3v) is 4.87. The van der Waals surface area contributed by atoms with Crippen LogP contribution in [0.5, 0.6) is 5.88 Å². The summed E-state index contributed by atoms with van der Waals surface area (Å²) in [6, 6.07) is 11.6. The second-order valence-electron chi connectivity index (χ2n) is 6.24. The number of methoxy groups -OCH3 is 1. The van der Waals surface area contributed by atoms with Crippen LogP contribution in [0.25, 0.3) is 0 Å². The number of ether oxygens (including phenoxy) is 1. The molecular formula is C21H18Cl2N4O3. The minimum atomic E-state index is -0.304. The number of aromatic nitrogens is 2. The summed E-state index contributed by atoms with van der Waals surface area (Å²) in [5, 5.41) is 3.62. The van der Waals surface area contributed by atoms with Crippen molar-refractivity contribution in [3.05, 3.63) is 70.5 Å². The lowest BCUT2D eigenvalue weighted by Crippen LogP contribution is -2.24. The van der Waals surface area contributed by atoms with Gasteiger partial charge in [-0.1, -0.05) is 29.3 Å². The van der Waals surface area contributed by atoms with Crippen LogP contribution in [0.3, 0.4) is 0 Å². The van der Waals surface area contributed by atoms with Crippen LogP contribution in [0.2, 0.25) is 10.0 Å². The van der Waals surface area contributed by atoms with Crippen molar-refractivity contribution < 1.29 is 14.3 Å². The van der Waals surface area contributed by atoms with Gasteiger partial charge in [-0.25, -0.2) is 9.97 Å². The van der Waals surface area contributed by atoms with E-state index < -0.39 is 0 Å². The van der Waals surface area contributed by atoms with Gasteiger partial charge >= 0.3 is 0 Å². The summed E-state index contributed by atoms with van der Waals surface area (Å²) in [4.78, 5) is 34.5. The Morgan fingerprint density at radius 3 is 2.43 bits per heavy atom. The van der Waals surface area contributed by atoms with E-state index in [-0.39, 0.29) is 18.2 Å². The maximum Gasteiger partial charge on any atom is 0.229 e. The molecule has 0 saturated carbocycles. The van der Waals surface area contributed by atoms with Crippen LogP contribution in [-0.2, 0) is 16.0 Å². The van der Waals surface area contributed by atoms with Gasteiger partial charge in [0, 0.05) is 47.2 Å². The molecule has 2 amide bonds. The number of carbonyl (C=O) groups excluding carboxylic acids is 2. The van der Waals surface area contributed by atoms with Crippen LogP contribution in [0.15, 0.2) is 54.9 Å². The first kappa shape index (κ1) is 21.5. The van der Waals surface area contributed by atoms with Crippen LogP contribution in [0.1, 0.15) is 12.5 Å². The zero-order chi connectivity index (χ0) is 21.7. The first-order valence-corrected chi connectivity index (χ1v) is 9.64.